The zero-order valence-corrected chi connectivity index (χ0v) is 15.9. The van der Waals surface area contributed by atoms with Crippen molar-refractivity contribution in [1.29, 1.82) is 0 Å². The third kappa shape index (κ3) is 3.54. The van der Waals surface area contributed by atoms with E-state index in [1.54, 1.807) is 42.7 Å². The summed E-state index contributed by atoms with van der Waals surface area (Å²) in [6, 6.07) is 14.2. The molecule has 4 aromatic rings. The van der Waals surface area contributed by atoms with Crippen molar-refractivity contribution in [1.82, 2.24) is 9.97 Å². The first-order chi connectivity index (χ1) is 13.1. The molecule has 2 aromatic heterocycles. The lowest BCUT2D eigenvalue weighted by Crippen LogP contribution is -2.13. The number of benzene rings is 2. The molecule has 134 valence electrons. The Bertz CT molecular complexity index is 1130. The number of hydrogen-bond acceptors (Lipinski definition) is 5. The number of fused-ring (bicyclic) bond motifs is 1. The summed E-state index contributed by atoms with van der Waals surface area (Å²) in [5, 5.41) is 2.87. The number of nitrogens with one attached hydrogen (secondary N) is 1. The van der Waals surface area contributed by atoms with Crippen molar-refractivity contribution < 1.29 is 13.9 Å². The zero-order chi connectivity index (χ0) is 18.8. The van der Waals surface area contributed by atoms with E-state index >= 15 is 0 Å². The number of anilines is 1. The first-order valence-electron chi connectivity index (χ1n) is 8.10. The second kappa shape index (κ2) is 7.20. The van der Waals surface area contributed by atoms with Gasteiger partial charge in [-0.3, -0.25) is 9.78 Å². The Balaban J connectivity index is 1.63. The molecule has 0 aliphatic carbocycles. The number of carbonyl (C=O) groups excluding carboxylic acids is 1. The molecule has 0 radical (unpaired) electrons. The van der Waals surface area contributed by atoms with E-state index in [1.807, 2.05) is 18.2 Å². The Morgan fingerprint density at radius 1 is 1.11 bits per heavy atom. The fraction of sp³-hybridized carbons (Fsp3) is 0.0500. The number of oxazole rings is 1. The van der Waals surface area contributed by atoms with Crippen LogP contribution < -0.4 is 10.1 Å². The van der Waals surface area contributed by atoms with E-state index in [4.69, 9.17) is 9.15 Å². The van der Waals surface area contributed by atoms with Gasteiger partial charge in [-0.1, -0.05) is 15.9 Å². The van der Waals surface area contributed by atoms with Crippen LogP contribution in [-0.4, -0.2) is 23.0 Å². The molecule has 2 aromatic carbocycles. The first kappa shape index (κ1) is 17.2. The van der Waals surface area contributed by atoms with E-state index in [1.165, 1.54) is 7.11 Å². The average molecular weight is 424 g/mol. The van der Waals surface area contributed by atoms with Crippen LogP contribution in [0.4, 0.5) is 5.69 Å². The molecule has 0 bridgehead atoms. The number of amides is 1. The maximum Gasteiger partial charge on any atom is 0.259 e. The SMILES string of the molecule is COc1ccc(Br)cc1C(=O)Nc1ccc2oc(-c3ccncc3)nc2c1. The topological polar surface area (TPSA) is 77.2 Å². The molecule has 7 heteroatoms. The molecule has 1 N–H and O–H groups in total. The van der Waals surface area contributed by atoms with E-state index in [-0.39, 0.29) is 5.91 Å². The van der Waals surface area contributed by atoms with Crippen molar-refractivity contribution in [2.24, 2.45) is 0 Å². The molecule has 0 spiro atoms. The third-order valence-electron chi connectivity index (χ3n) is 3.98. The van der Waals surface area contributed by atoms with Crippen LogP contribution in [-0.2, 0) is 0 Å². The quantitative estimate of drug-likeness (QED) is 0.504. The standard InChI is InChI=1S/C20H14BrN3O3/c1-26-17-4-2-13(21)10-15(17)19(25)23-14-3-5-18-16(11-14)24-20(27-18)12-6-8-22-9-7-12/h2-11H,1H3,(H,23,25). The smallest absolute Gasteiger partial charge is 0.259 e. The minimum absolute atomic E-state index is 0.273. The molecular formula is C20H14BrN3O3. The van der Waals surface area contributed by atoms with E-state index in [0.29, 0.717) is 34.0 Å². The fourth-order valence-corrected chi connectivity index (χ4v) is 3.04. The van der Waals surface area contributed by atoms with Crippen molar-refractivity contribution in [2.45, 2.75) is 0 Å². The van der Waals surface area contributed by atoms with Gasteiger partial charge in [-0.25, -0.2) is 4.98 Å². The summed E-state index contributed by atoms with van der Waals surface area (Å²) in [7, 11) is 1.53. The number of aromatic nitrogens is 2. The maximum absolute atomic E-state index is 12.6. The second-order valence-electron chi connectivity index (χ2n) is 5.74. The lowest BCUT2D eigenvalue weighted by atomic mass is 10.2. The molecular weight excluding hydrogens is 410 g/mol. The van der Waals surface area contributed by atoms with Crippen LogP contribution in [0.2, 0.25) is 0 Å². The summed E-state index contributed by atoms with van der Waals surface area (Å²) in [6.07, 6.45) is 3.36. The van der Waals surface area contributed by atoms with Gasteiger partial charge >= 0.3 is 0 Å². The molecule has 0 atom stereocenters. The second-order valence-corrected chi connectivity index (χ2v) is 6.65. The summed E-state index contributed by atoms with van der Waals surface area (Å²) >= 11 is 3.37. The lowest BCUT2D eigenvalue weighted by Gasteiger charge is -2.09. The highest BCUT2D eigenvalue weighted by Gasteiger charge is 2.14. The average Bonchev–Trinajstić information content (AvgIpc) is 3.12. The highest BCUT2D eigenvalue weighted by molar-refractivity contribution is 9.10. The normalized spacial score (nSPS) is 10.7. The summed E-state index contributed by atoms with van der Waals surface area (Å²) in [4.78, 5) is 21.1. The number of methoxy groups -OCH3 is 1. The van der Waals surface area contributed by atoms with Crippen LogP contribution in [0.15, 0.2) is 69.8 Å². The van der Waals surface area contributed by atoms with Crippen molar-refractivity contribution in [3.63, 3.8) is 0 Å². The minimum Gasteiger partial charge on any atom is -0.496 e. The van der Waals surface area contributed by atoms with Crippen LogP contribution in [0.25, 0.3) is 22.6 Å². The molecule has 0 saturated carbocycles. The lowest BCUT2D eigenvalue weighted by molar-refractivity contribution is 0.102. The van der Waals surface area contributed by atoms with E-state index < -0.39 is 0 Å². The minimum atomic E-state index is -0.273. The summed E-state index contributed by atoms with van der Waals surface area (Å²) < 4.78 is 11.8. The number of hydrogen-bond donors (Lipinski definition) is 1. The number of pyridine rings is 1. The molecule has 1 amide bonds. The van der Waals surface area contributed by atoms with Crippen LogP contribution in [0.3, 0.4) is 0 Å². The predicted molar refractivity (Wildman–Crippen MR) is 106 cm³/mol. The van der Waals surface area contributed by atoms with Crippen molar-refractivity contribution in [2.75, 3.05) is 12.4 Å². The number of carbonyl (C=O) groups is 1. The van der Waals surface area contributed by atoms with Gasteiger partial charge in [-0.05, 0) is 48.5 Å². The molecule has 0 unspecified atom stereocenters. The number of rotatable bonds is 4. The molecule has 0 saturated heterocycles. The fourth-order valence-electron chi connectivity index (χ4n) is 2.68. The van der Waals surface area contributed by atoms with Gasteiger partial charge in [0.1, 0.15) is 11.3 Å². The number of ether oxygens (including phenoxy) is 1. The largest absolute Gasteiger partial charge is 0.496 e. The highest BCUT2D eigenvalue weighted by atomic mass is 79.9. The van der Waals surface area contributed by atoms with E-state index in [9.17, 15) is 4.79 Å². The first-order valence-corrected chi connectivity index (χ1v) is 8.89. The Hall–Kier alpha value is -3.19. The van der Waals surface area contributed by atoms with E-state index in [0.717, 1.165) is 10.0 Å². The third-order valence-corrected chi connectivity index (χ3v) is 4.47. The molecule has 2 heterocycles. The van der Waals surface area contributed by atoms with Crippen LogP contribution in [0, 0.1) is 0 Å². The molecule has 27 heavy (non-hydrogen) atoms. The molecule has 0 fully saturated rings. The molecule has 6 nitrogen and oxygen atoms in total. The van der Waals surface area contributed by atoms with Gasteiger partial charge in [0.05, 0.1) is 12.7 Å². The van der Waals surface area contributed by atoms with Crippen LogP contribution in [0.5, 0.6) is 5.75 Å². The van der Waals surface area contributed by atoms with Crippen molar-refractivity contribution in [3.8, 4) is 17.2 Å². The number of nitrogens with zero attached hydrogens (tertiary/aromatic N) is 2. The molecule has 0 aliphatic rings. The maximum atomic E-state index is 12.6. The summed E-state index contributed by atoms with van der Waals surface area (Å²) in [5.41, 5.74) is 3.18. The van der Waals surface area contributed by atoms with Gasteiger partial charge in [0.2, 0.25) is 5.89 Å². The van der Waals surface area contributed by atoms with Gasteiger partial charge in [0.25, 0.3) is 5.91 Å². The van der Waals surface area contributed by atoms with Crippen molar-refractivity contribution >= 4 is 38.6 Å². The Kier molecular flexibility index (Phi) is 4.60. The predicted octanol–water partition coefficient (Wildman–Crippen LogP) is 4.91. The van der Waals surface area contributed by atoms with Gasteiger partial charge < -0.3 is 14.5 Å². The summed E-state index contributed by atoms with van der Waals surface area (Å²) in [6.45, 7) is 0. The molecule has 4 rings (SSSR count). The monoisotopic (exact) mass is 423 g/mol. The van der Waals surface area contributed by atoms with Gasteiger partial charge in [0.15, 0.2) is 5.58 Å². The van der Waals surface area contributed by atoms with Crippen LogP contribution >= 0.6 is 15.9 Å². The summed E-state index contributed by atoms with van der Waals surface area (Å²) in [5.74, 6) is 0.730. The van der Waals surface area contributed by atoms with Gasteiger partial charge in [-0.15, -0.1) is 0 Å². The zero-order valence-electron chi connectivity index (χ0n) is 14.3. The van der Waals surface area contributed by atoms with E-state index in [2.05, 4.69) is 31.2 Å². The van der Waals surface area contributed by atoms with Gasteiger partial charge in [-0.2, -0.15) is 0 Å². The Morgan fingerprint density at radius 2 is 1.93 bits per heavy atom. The Labute approximate surface area is 163 Å². The van der Waals surface area contributed by atoms with Crippen LogP contribution in [0.1, 0.15) is 10.4 Å². The Morgan fingerprint density at radius 3 is 2.70 bits per heavy atom. The van der Waals surface area contributed by atoms with Gasteiger partial charge in [0, 0.05) is 28.1 Å². The van der Waals surface area contributed by atoms with Crippen molar-refractivity contribution in [3.05, 3.63) is 71.0 Å². The highest BCUT2D eigenvalue weighted by Crippen LogP contribution is 2.27. The molecule has 0 aliphatic heterocycles. The number of halogens is 1.